The highest BCUT2D eigenvalue weighted by atomic mass is 16.3. The summed E-state index contributed by atoms with van der Waals surface area (Å²) in [5.74, 6) is 1.90. The van der Waals surface area contributed by atoms with E-state index in [4.69, 9.17) is 19.4 Å². The minimum Gasteiger partial charge on any atom is -0.456 e. The molecule has 7 aromatic carbocycles. The zero-order valence-corrected chi connectivity index (χ0v) is 31.2. The van der Waals surface area contributed by atoms with E-state index >= 15 is 0 Å². The second kappa shape index (κ2) is 11.4. The fourth-order valence-electron chi connectivity index (χ4n) is 9.45. The number of hydrogen-bond donors (Lipinski definition) is 0. The van der Waals surface area contributed by atoms with Crippen LogP contribution in [-0.4, -0.2) is 15.0 Å². The summed E-state index contributed by atoms with van der Waals surface area (Å²) in [4.78, 5) is 15.5. The number of hydrogen-bond acceptors (Lipinski definition) is 4. The Bertz CT molecular complexity index is 3040. The van der Waals surface area contributed by atoms with Gasteiger partial charge in [-0.25, -0.2) is 15.0 Å². The number of fused-ring (bicyclic) bond motifs is 9. The molecule has 0 fully saturated rings. The van der Waals surface area contributed by atoms with Gasteiger partial charge < -0.3 is 4.42 Å². The monoisotopic (exact) mass is 707 g/mol. The highest BCUT2D eigenvalue weighted by Gasteiger charge is 2.38. The van der Waals surface area contributed by atoms with E-state index < -0.39 is 0 Å². The maximum Gasteiger partial charge on any atom is 0.164 e. The van der Waals surface area contributed by atoms with E-state index in [1.54, 1.807) is 0 Å². The predicted molar refractivity (Wildman–Crippen MR) is 224 cm³/mol. The molecule has 2 heterocycles. The summed E-state index contributed by atoms with van der Waals surface area (Å²) < 4.78 is 6.69. The third-order valence-corrected chi connectivity index (χ3v) is 12.2. The first kappa shape index (κ1) is 31.8. The van der Waals surface area contributed by atoms with Gasteiger partial charge in [0.2, 0.25) is 0 Å². The van der Waals surface area contributed by atoms with Gasteiger partial charge in [-0.05, 0) is 73.8 Å². The molecule has 0 aliphatic heterocycles. The largest absolute Gasteiger partial charge is 0.456 e. The molecule has 2 aliphatic rings. The number of aromatic nitrogens is 3. The molecule has 2 aromatic heterocycles. The summed E-state index contributed by atoms with van der Waals surface area (Å²) in [6.45, 7) is 9.26. The average molecular weight is 708 g/mol. The Morgan fingerprint density at radius 2 is 0.891 bits per heavy atom. The Kier molecular flexibility index (Phi) is 6.61. The molecule has 0 N–H and O–H groups in total. The van der Waals surface area contributed by atoms with Crippen LogP contribution in [0.25, 0.3) is 89.5 Å². The number of nitrogens with zero attached hydrogens (tertiary/aromatic N) is 3. The van der Waals surface area contributed by atoms with Crippen LogP contribution in [0.3, 0.4) is 0 Å². The molecule has 0 saturated carbocycles. The van der Waals surface area contributed by atoms with E-state index in [0.717, 1.165) is 38.6 Å². The molecule has 0 amide bonds. The van der Waals surface area contributed by atoms with Crippen molar-refractivity contribution in [1.29, 1.82) is 0 Å². The van der Waals surface area contributed by atoms with Crippen molar-refractivity contribution in [2.75, 3.05) is 0 Å². The van der Waals surface area contributed by atoms with Crippen LogP contribution in [0.1, 0.15) is 49.9 Å². The molecule has 0 saturated heterocycles. The molecular formula is C51H37N3O. The van der Waals surface area contributed by atoms with E-state index in [0.29, 0.717) is 17.5 Å². The fraction of sp³-hybridized carbons (Fsp3) is 0.118. The first-order valence-corrected chi connectivity index (χ1v) is 19.0. The molecule has 0 atom stereocenters. The molecule has 0 radical (unpaired) electrons. The third-order valence-electron chi connectivity index (χ3n) is 12.2. The van der Waals surface area contributed by atoms with Crippen molar-refractivity contribution in [3.63, 3.8) is 0 Å². The molecule has 4 nitrogen and oxygen atoms in total. The maximum atomic E-state index is 6.69. The minimum absolute atomic E-state index is 0.0788. The average Bonchev–Trinajstić information content (AvgIpc) is 3.80. The Balaban J connectivity index is 1.10. The van der Waals surface area contributed by atoms with Gasteiger partial charge in [0.05, 0.1) is 0 Å². The van der Waals surface area contributed by atoms with Gasteiger partial charge in [-0.1, -0.05) is 161 Å². The van der Waals surface area contributed by atoms with Crippen LogP contribution >= 0.6 is 0 Å². The van der Waals surface area contributed by atoms with Gasteiger partial charge in [-0.2, -0.15) is 0 Å². The first-order chi connectivity index (χ1) is 26.8. The molecule has 0 unspecified atom stereocenters. The lowest BCUT2D eigenvalue weighted by molar-refractivity contribution is 0.660. The topological polar surface area (TPSA) is 51.8 Å². The number of rotatable bonds is 4. The highest BCUT2D eigenvalue weighted by Crippen LogP contribution is 2.54. The Labute approximate surface area is 320 Å². The van der Waals surface area contributed by atoms with Crippen molar-refractivity contribution in [1.82, 2.24) is 15.0 Å². The Hall–Kier alpha value is -6.65. The number of benzene rings is 7. The van der Waals surface area contributed by atoms with Gasteiger partial charge in [-0.3, -0.25) is 0 Å². The van der Waals surface area contributed by atoms with E-state index in [-0.39, 0.29) is 10.8 Å². The van der Waals surface area contributed by atoms with Gasteiger partial charge in [0.25, 0.3) is 0 Å². The van der Waals surface area contributed by atoms with Crippen molar-refractivity contribution in [2.24, 2.45) is 0 Å². The van der Waals surface area contributed by atoms with E-state index in [2.05, 4.69) is 161 Å². The molecule has 0 spiro atoms. The summed E-state index contributed by atoms with van der Waals surface area (Å²) in [7, 11) is 0. The Morgan fingerprint density at radius 1 is 0.382 bits per heavy atom. The Morgan fingerprint density at radius 3 is 1.58 bits per heavy atom. The highest BCUT2D eigenvalue weighted by molar-refractivity contribution is 6.14. The van der Waals surface area contributed by atoms with E-state index in [1.165, 1.54) is 55.6 Å². The van der Waals surface area contributed by atoms with Crippen LogP contribution in [0.15, 0.2) is 156 Å². The van der Waals surface area contributed by atoms with Gasteiger partial charge >= 0.3 is 0 Å². The second-order valence-corrected chi connectivity index (χ2v) is 16.0. The van der Waals surface area contributed by atoms with Gasteiger partial charge in [0.15, 0.2) is 17.5 Å². The van der Waals surface area contributed by atoms with Crippen molar-refractivity contribution in [3.8, 4) is 67.5 Å². The normalized spacial score (nSPS) is 14.5. The summed E-state index contributed by atoms with van der Waals surface area (Å²) in [6.07, 6.45) is 0. The van der Waals surface area contributed by atoms with Crippen LogP contribution < -0.4 is 0 Å². The SMILES string of the molecule is CC1(C)c2ccccc2-c2c(-c3nc(-c4ccccc4)nc(-c4ccc5c(c4)oc4cccc(-c6cccc7c6-c6ccccc6C7(C)C)c45)n3)cccc21. The van der Waals surface area contributed by atoms with E-state index in [1.807, 2.05) is 18.2 Å². The molecule has 0 bridgehead atoms. The molecule has 9 aromatic rings. The van der Waals surface area contributed by atoms with Crippen molar-refractivity contribution < 1.29 is 4.42 Å². The quantitative estimate of drug-likeness (QED) is 0.183. The summed E-state index contributed by atoms with van der Waals surface area (Å²) in [6, 6.07) is 53.8. The van der Waals surface area contributed by atoms with E-state index in [9.17, 15) is 0 Å². The lowest BCUT2D eigenvalue weighted by Crippen LogP contribution is -2.14. The maximum absolute atomic E-state index is 6.69. The lowest BCUT2D eigenvalue weighted by atomic mass is 9.82. The predicted octanol–water partition coefficient (Wildman–Crippen LogP) is 13.1. The number of furan rings is 1. The summed E-state index contributed by atoms with van der Waals surface area (Å²) in [5.41, 5.74) is 17.0. The van der Waals surface area contributed by atoms with Crippen molar-refractivity contribution in [2.45, 2.75) is 38.5 Å². The zero-order valence-electron chi connectivity index (χ0n) is 31.2. The third kappa shape index (κ3) is 4.55. The van der Waals surface area contributed by atoms with Crippen molar-refractivity contribution in [3.05, 3.63) is 174 Å². The van der Waals surface area contributed by atoms with Crippen LogP contribution in [0.4, 0.5) is 0 Å². The molecule has 4 heteroatoms. The van der Waals surface area contributed by atoms with Gasteiger partial charge in [0, 0.05) is 38.3 Å². The molecular weight excluding hydrogens is 671 g/mol. The van der Waals surface area contributed by atoms with Gasteiger partial charge in [0.1, 0.15) is 11.2 Å². The second-order valence-electron chi connectivity index (χ2n) is 16.0. The minimum atomic E-state index is -0.134. The van der Waals surface area contributed by atoms with Crippen LogP contribution in [0.5, 0.6) is 0 Å². The van der Waals surface area contributed by atoms with Crippen LogP contribution in [-0.2, 0) is 10.8 Å². The fourth-order valence-corrected chi connectivity index (χ4v) is 9.45. The molecule has 2 aliphatic carbocycles. The summed E-state index contributed by atoms with van der Waals surface area (Å²) in [5, 5.41) is 2.18. The zero-order chi connectivity index (χ0) is 37.1. The van der Waals surface area contributed by atoms with Crippen LogP contribution in [0, 0.1) is 0 Å². The smallest absolute Gasteiger partial charge is 0.164 e. The summed E-state index contributed by atoms with van der Waals surface area (Å²) >= 11 is 0. The lowest BCUT2D eigenvalue weighted by Gasteiger charge is -2.21. The molecule has 262 valence electrons. The van der Waals surface area contributed by atoms with Crippen molar-refractivity contribution >= 4 is 21.9 Å². The standard InChI is InChI=1S/C51H37N3O/c1-50(2)38-22-10-8-17-34(38)44-32(19-12-24-40(44)50)33-20-14-26-42-46(33)36-28-27-31(29-43(36)55-42)48-52-47(30-15-6-5-7-16-30)53-49(54-48)37-21-13-25-41-45(37)35-18-9-11-23-39(35)51(41,3)4/h5-29H,1-4H3. The molecule has 55 heavy (non-hydrogen) atoms. The van der Waals surface area contributed by atoms with Gasteiger partial charge in [-0.15, -0.1) is 0 Å². The van der Waals surface area contributed by atoms with Crippen LogP contribution in [0.2, 0.25) is 0 Å². The first-order valence-electron chi connectivity index (χ1n) is 19.0. The molecule has 11 rings (SSSR count).